The third kappa shape index (κ3) is 2.50. The first-order chi connectivity index (χ1) is 10.1. The minimum atomic E-state index is -0.472. The SMILES string of the molecule is Cc1c(O)ncnc1Nc1ccc(-n2cncn2)cc1F. The monoisotopic (exact) mass is 286 g/mol. The molecule has 0 bridgehead atoms. The summed E-state index contributed by atoms with van der Waals surface area (Å²) in [4.78, 5) is 11.4. The summed E-state index contributed by atoms with van der Waals surface area (Å²) < 4.78 is 15.6. The first-order valence-electron chi connectivity index (χ1n) is 6.07. The molecule has 0 aliphatic heterocycles. The van der Waals surface area contributed by atoms with Crippen LogP contribution in [0.4, 0.5) is 15.9 Å². The van der Waals surface area contributed by atoms with Crippen LogP contribution in [0.15, 0.2) is 37.2 Å². The van der Waals surface area contributed by atoms with Crippen LogP contribution < -0.4 is 5.32 Å². The van der Waals surface area contributed by atoms with Crippen molar-refractivity contribution in [3.8, 4) is 11.6 Å². The van der Waals surface area contributed by atoms with E-state index in [2.05, 4.69) is 25.4 Å². The van der Waals surface area contributed by atoms with Crippen molar-refractivity contribution in [2.75, 3.05) is 5.32 Å². The summed E-state index contributed by atoms with van der Waals surface area (Å²) in [5, 5.41) is 16.3. The number of halogens is 1. The number of nitrogens with zero attached hydrogens (tertiary/aromatic N) is 5. The highest BCUT2D eigenvalue weighted by Gasteiger charge is 2.10. The highest BCUT2D eigenvalue weighted by atomic mass is 19.1. The fourth-order valence-electron chi connectivity index (χ4n) is 1.78. The smallest absolute Gasteiger partial charge is 0.219 e. The van der Waals surface area contributed by atoms with Gasteiger partial charge in [-0.1, -0.05) is 0 Å². The van der Waals surface area contributed by atoms with Gasteiger partial charge in [-0.05, 0) is 19.1 Å². The van der Waals surface area contributed by atoms with Gasteiger partial charge in [0.1, 0.15) is 30.6 Å². The lowest BCUT2D eigenvalue weighted by molar-refractivity contribution is 0.448. The van der Waals surface area contributed by atoms with E-state index in [1.165, 1.54) is 29.7 Å². The minimum Gasteiger partial charge on any atom is -0.493 e. The fraction of sp³-hybridized carbons (Fsp3) is 0.0769. The zero-order chi connectivity index (χ0) is 14.8. The van der Waals surface area contributed by atoms with Gasteiger partial charge in [-0.15, -0.1) is 0 Å². The quantitative estimate of drug-likeness (QED) is 0.765. The Labute approximate surface area is 119 Å². The van der Waals surface area contributed by atoms with E-state index in [0.29, 0.717) is 17.1 Å². The normalized spacial score (nSPS) is 10.6. The Morgan fingerprint density at radius 1 is 1.24 bits per heavy atom. The van der Waals surface area contributed by atoms with E-state index in [4.69, 9.17) is 0 Å². The maximum absolute atomic E-state index is 14.1. The van der Waals surface area contributed by atoms with Crippen molar-refractivity contribution in [1.29, 1.82) is 0 Å². The Bertz CT molecular complexity index is 774. The third-order valence-corrected chi connectivity index (χ3v) is 2.95. The molecule has 3 aromatic rings. The second-order valence-electron chi connectivity index (χ2n) is 4.30. The molecule has 0 radical (unpaired) electrons. The van der Waals surface area contributed by atoms with Crippen LogP contribution in [0.3, 0.4) is 0 Å². The van der Waals surface area contributed by atoms with Gasteiger partial charge < -0.3 is 10.4 Å². The molecule has 0 aliphatic carbocycles. The molecule has 0 saturated heterocycles. The summed E-state index contributed by atoms with van der Waals surface area (Å²) in [7, 11) is 0. The second kappa shape index (κ2) is 5.16. The Balaban J connectivity index is 1.92. The molecule has 8 heteroatoms. The second-order valence-corrected chi connectivity index (χ2v) is 4.30. The largest absolute Gasteiger partial charge is 0.493 e. The van der Waals surface area contributed by atoms with Crippen molar-refractivity contribution in [3.05, 3.63) is 48.6 Å². The number of benzene rings is 1. The van der Waals surface area contributed by atoms with Gasteiger partial charge in [0.25, 0.3) is 0 Å². The van der Waals surface area contributed by atoms with Gasteiger partial charge in [0, 0.05) is 6.07 Å². The third-order valence-electron chi connectivity index (χ3n) is 2.95. The van der Waals surface area contributed by atoms with Gasteiger partial charge in [0.05, 0.1) is 16.9 Å². The molecular formula is C13H11FN6O. The average Bonchev–Trinajstić information content (AvgIpc) is 3.00. The molecule has 21 heavy (non-hydrogen) atoms. The molecule has 0 fully saturated rings. The van der Waals surface area contributed by atoms with Crippen LogP contribution in [0, 0.1) is 12.7 Å². The van der Waals surface area contributed by atoms with Crippen LogP contribution in [0.5, 0.6) is 5.88 Å². The molecule has 3 rings (SSSR count). The molecule has 7 nitrogen and oxygen atoms in total. The fourth-order valence-corrected chi connectivity index (χ4v) is 1.78. The molecule has 0 spiro atoms. The lowest BCUT2D eigenvalue weighted by Gasteiger charge is -2.10. The van der Waals surface area contributed by atoms with E-state index < -0.39 is 5.82 Å². The van der Waals surface area contributed by atoms with E-state index in [0.717, 1.165) is 0 Å². The maximum Gasteiger partial charge on any atom is 0.219 e. The molecule has 2 N–H and O–H groups in total. The van der Waals surface area contributed by atoms with Crippen molar-refractivity contribution in [2.24, 2.45) is 0 Å². The molecule has 106 valence electrons. The van der Waals surface area contributed by atoms with Crippen LogP contribution in [0.1, 0.15) is 5.56 Å². The van der Waals surface area contributed by atoms with E-state index in [9.17, 15) is 9.50 Å². The van der Waals surface area contributed by atoms with Crippen LogP contribution in [0.25, 0.3) is 5.69 Å². The lowest BCUT2D eigenvalue weighted by Crippen LogP contribution is -2.01. The topological polar surface area (TPSA) is 88.8 Å². The predicted octanol–water partition coefficient (Wildman–Crippen LogP) is 1.95. The molecule has 2 aromatic heterocycles. The molecule has 0 amide bonds. The number of anilines is 2. The predicted molar refractivity (Wildman–Crippen MR) is 73.0 cm³/mol. The van der Waals surface area contributed by atoms with E-state index in [1.54, 1.807) is 19.1 Å². The van der Waals surface area contributed by atoms with Crippen LogP contribution >= 0.6 is 0 Å². The molecule has 0 atom stereocenters. The van der Waals surface area contributed by atoms with Crippen molar-refractivity contribution in [3.63, 3.8) is 0 Å². The van der Waals surface area contributed by atoms with Crippen molar-refractivity contribution < 1.29 is 9.50 Å². The van der Waals surface area contributed by atoms with Gasteiger partial charge in [-0.25, -0.2) is 24.0 Å². The number of aromatic hydroxyl groups is 1. The van der Waals surface area contributed by atoms with Crippen molar-refractivity contribution in [2.45, 2.75) is 6.92 Å². The van der Waals surface area contributed by atoms with Gasteiger partial charge in [-0.2, -0.15) is 5.10 Å². The van der Waals surface area contributed by atoms with E-state index >= 15 is 0 Å². The molecule has 0 unspecified atom stereocenters. The molecule has 2 heterocycles. The van der Waals surface area contributed by atoms with Gasteiger partial charge in [0.2, 0.25) is 5.88 Å². The molecule has 0 saturated carbocycles. The highest BCUT2D eigenvalue weighted by molar-refractivity contribution is 5.62. The van der Waals surface area contributed by atoms with Gasteiger partial charge >= 0.3 is 0 Å². The standard InChI is InChI=1S/C13H11FN6O/c1-8-12(16-6-17-13(8)21)19-11-3-2-9(4-10(11)14)20-7-15-5-18-20/h2-7H,1H3,(H2,16,17,19,21). The molecular weight excluding hydrogens is 275 g/mol. The Morgan fingerprint density at radius 3 is 2.81 bits per heavy atom. The van der Waals surface area contributed by atoms with Crippen molar-refractivity contribution in [1.82, 2.24) is 24.7 Å². The number of rotatable bonds is 3. The van der Waals surface area contributed by atoms with Crippen LogP contribution in [-0.4, -0.2) is 29.8 Å². The van der Waals surface area contributed by atoms with E-state index in [-0.39, 0.29) is 11.6 Å². The minimum absolute atomic E-state index is 0.146. The Hall–Kier alpha value is -3.03. The summed E-state index contributed by atoms with van der Waals surface area (Å²) >= 11 is 0. The number of nitrogens with one attached hydrogen (secondary N) is 1. The first kappa shape index (κ1) is 13.0. The van der Waals surface area contributed by atoms with Gasteiger partial charge in [-0.3, -0.25) is 0 Å². The summed E-state index contributed by atoms with van der Waals surface area (Å²) in [5.74, 6) is -0.275. The number of hydrogen-bond acceptors (Lipinski definition) is 6. The molecule has 1 aromatic carbocycles. The summed E-state index contributed by atoms with van der Waals surface area (Å²) in [5.41, 5.74) is 1.23. The Morgan fingerprint density at radius 2 is 2.10 bits per heavy atom. The van der Waals surface area contributed by atoms with Crippen LogP contribution in [-0.2, 0) is 0 Å². The summed E-state index contributed by atoms with van der Waals surface area (Å²) in [6.45, 7) is 1.64. The molecule has 0 aliphatic rings. The summed E-state index contributed by atoms with van der Waals surface area (Å²) in [6.07, 6.45) is 4.05. The highest BCUT2D eigenvalue weighted by Crippen LogP contribution is 2.25. The maximum atomic E-state index is 14.1. The van der Waals surface area contributed by atoms with E-state index in [1.807, 2.05) is 0 Å². The first-order valence-corrected chi connectivity index (χ1v) is 6.07. The summed E-state index contributed by atoms with van der Waals surface area (Å²) in [6, 6.07) is 4.58. The number of aromatic nitrogens is 5. The Kier molecular flexibility index (Phi) is 3.19. The van der Waals surface area contributed by atoms with Gasteiger partial charge in [0.15, 0.2) is 0 Å². The van der Waals surface area contributed by atoms with Crippen LogP contribution in [0.2, 0.25) is 0 Å². The zero-order valence-corrected chi connectivity index (χ0v) is 11.0. The average molecular weight is 286 g/mol. The zero-order valence-electron chi connectivity index (χ0n) is 11.0. The van der Waals surface area contributed by atoms with Crippen molar-refractivity contribution >= 4 is 11.5 Å². The number of hydrogen-bond donors (Lipinski definition) is 2. The lowest BCUT2D eigenvalue weighted by atomic mass is 10.2.